The summed E-state index contributed by atoms with van der Waals surface area (Å²) in [5.74, 6) is -1.79. The van der Waals surface area contributed by atoms with Crippen LogP contribution in [-0.4, -0.2) is 33.4 Å². The summed E-state index contributed by atoms with van der Waals surface area (Å²) in [5, 5.41) is 13.4. The molecule has 0 aliphatic heterocycles. The first kappa shape index (κ1) is 15.2. The predicted octanol–water partition coefficient (Wildman–Crippen LogP) is 1.40. The predicted molar refractivity (Wildman–Crippen MR) is 68.5 cm³/mol. The highest BCUT2D eigenvalue weighted by Gasteiger charge is 2.45. The summed E-state index contributed by atoms with van der Waals surface area (Å²) in [6, 6.07) is 1.81. The number of carbonyl (C=O) groups is 2. The number of nitrogens with zero attached hydrogens (tertiary/aromatic N) is 2. The van der Waals surface area contributed by atoms with Gasteiger partial charge in [-0.1, -0.05) is 6.92 Å². The van der Waals surface area contributed by atoms with E-state index in [1.54, 1.807) is 31.8 Å². The van der Waals surface area contributed by atoms with Crippen molar-refractivity contribution in [1.82, 2.24) is 9.78 Å². The van der Waals surface area contributed by atoms with Crippen LogP contribution >= 0.6 is 0 Å². The molecule has 0 aromatic carbocycles. The third-order valence-corrected chi connectivity index (χ3v) is 3.41. The molecule has 0 saturated heterocycles. The lowest BCUT2D eigenvalue weighted by atomic mass is 9.80. The number of hydrogen-bond acceptors (Lipinski definition) is 4. The normalized spacial score (nSPS) is 13.8. The topological polar surface area (TPSA) is 81.4 Å². The minimum Gasteiger partial charge on any atom is -0.480 e. The summed E-state index contributed by atoms with van der Waals surface area (Å²) in [5.41, 5.74) is -0.580. The molecule has 1 unspecified atom stereocenters. The van der Waals surface area contributed by atoms with Crippen LogP contribution in [0.5, 0.6) is 0 Å². The number of carboxylic acid groups (broad SMARTS) is 1. The smallest absolute Gasteiger partial charge is 0.323 e. The monoisotopic (exact) mass is 268 g/mol. The molecule has 19 heavy (non-hydrogen) atoms. The lowest BCUT2D eigenvalue weighted by molar-refractivity contribution is -0.169. The van der Waals surface area contributed by atoms with E-state index >= 15 is 0 Å². The van der Waals surface area contributed by atoms with Gasteiger partial charge in [0.15, 0.2) is 5.41 Å². The molecule has 0 aliphatic rings. The molecule has 106 valence electrons. The van der Waals surface area contributed by atoms with E-state index in [9.17, 15) is 14.7 Å². The largest absolute Gasteiger partial charge is 0.480 e. The van der Waals surface area contributed by atoms with Crippen LogP contribution < -0.4 is 0 Å². The van der Waals surface area contributed by atoms with Gasteiger partial charge in [-0.05, 0) is 32.3 Å². The Bertz CT molecular complexity index is 455. The summed E-state index contributed by atoms with van der Waals surface area (Å²) in [7, 11) is 1.79. The fourth-order valence-corrected chi connectivity index (χ4v) is 2.03. The lowest BCUT2D eigenvalue weighted by Crippen LogP contribution is -2.40. The van der Waals surface area contributed by atoms with E-state index in [-0.39, 0.29) is 19.4 Å². The zero-order chi connectivity index (χ0) is 14.5. The molecule has 0 radical (unpaired) electrons. The van der Waals surface area contributed by atoms with Gasteiger partial charge in [-0.15, -0.1) is 0 Å². The zero-order valence-corrected chi connectivity index (χ0v) is 11.5. The summed E-state index contributed by atoms with van der Waals surface area (Å²) in [6.45, 7) is 3.54. The van der Waals surface area contributed by atoms with E-state index in [1.807, 2.05) is 6.07 Å². The fourth-order valence-electron chi connectivity index (χ4n) is 2.03. The van der Waals surface area contributed by atoms with Gasteiger partial charge in [0.1, 0.15) is 0 Å². The molecule has 1 aromatic rings. The van der Waals surface area contributed by atoms with Crippen LogP contribution in [0.1, 0.15) is 32.4 Å². The highest BCUT2D eigenvalue weighted by Crippen LogP contribution is 2.30. The molecule has 1 N–H and O–H groups in total. The third-order valence-electron chi connectivity index (χ3n) is 3.41. The van der Waals surface area contributed by atoms with Crippen LogP contribution in [0.3, 0.4) is 0 Å². The Labute approximate surface area is 112 Å². The molecule has 1 aromatic heterocycles. The first-order valence-electron chi connectivity index (χ1n) is 6.35. The van der Waals surface area contributed by atoms with Gasteiger partial charge in [0, 0.05) is 18.9 Å². The minimum absolute atomic E-state index is 0.180. The van der Waals surface area contributed by atoms with Crippen LogP contribution in [0.25, 0.3) is 0 Å². The van der Waals surface area contributed by atoms with E-state index in [0.717, 1.165) is 5.69 Å². The van der Waals surface area contributed by atoms with Crippen molar-refractivity contribution in [3.63, 3.8) is 0 Å². The van der Waals surface area contributed by atoms with Gasteiger partial charge in [-0.2, -0.15) is 5.10 Å². The van der Waals surface area contributed by atoms with Gasteiger partial charge in [0.25, 0.3) is 0 Å². The maximum Gasteiger partial charge on any atom is 0.323 e. The van der Waals surface area contributed by atoms with Crippen LogP contribution in [0.2, 0.25) is 0 Å². The van der Waals surface area contributed by atoms with E-state index in [1.165, 1.54) is 0 Å². The third kappa shape index (κ3) is 3.13. The quantitative estimate of drug-likeness (QED) is 0.597. The van der Waals surface area contributed by atoms with Gasteiger partial charge >= 0.3 is 11.9 Å². The number of carboxylic acids is 1. The summed E-state index contributed by atoms with van der Waals surface area (Å²) >= 11 is 0. The molecule has 0 saturated carbocycles. The number of esters is 1. The van der Waals surface area contributed by atoms with E-state index in [2.05, 4.69) is 5.10 Å². The highest BCUT2D eigenvalue weighted by molar-refractivity contribution is 5.99. The minimum atomic E-state index is -1.47. The maximum absolute atomic E-state index is 12.0. The highest BCUT2D eigenvalue weighted by atomic mass is 16.5. The second-order valence-corrected chi connectivity index (χ2v) is 4.41. The van der Waals surface area contributed by atoms with Crippen molar-refractivity contribution in [2.45, 2.75) is 33.1 Å². The fraction of sp³-hybridized carbons (Fsp3) is 0.615. The van der Waals surface area contributed by atoms with E-state index < -0.39 is 17.4 Å². The Kier molecular flexibility index (Phi) is 5.09. The summed E-state index contributed by atoms with van der Waals surface area (Å²) < 4.78 is 6.59. The van der Waals surface area contributed by atoms with Crippen molar-refractivity contribution in [3.8, 4) is 0 Å². The molecule has 6 heteroatoms. The van der Waals surface area contributed by atoms with Crippen molar-refractivity contribution >= 4 is 11.9 Å². The molecular weight excluding hydrogens is 248 g/mol. The van der Waals surface area contributed by atoms with Gasteiger partial charge in [-0.3, -0.25) is 14.3 Å². The average Bonchev–Trinajstić information content (AvgIpc) is 2.76. The molecule has 0 bridgehead atoms. The zero-order valence-electron chi connectivity index (χ0n) is 11.5. The second kappa shape index (κ2) is 6.36. The van der Waals surface area contributed by atoms with Crippen molar-refractivity contribution in [1.29, 1.82) is 0 Å². The maximum atomic E-state index is 12.0. The van der Waals surface area contributed by atoms with E-state index in [4.69, 9.17) is 4.74 Å². The number of carbonyl (C=O) groups excluding carboxylic acids is 1. The molecule has 0 fully saturated rings. The Morgan fingerprint density at radius 2 is 2.16 bits per heavy atom. The van der Waals surface area contributed by atoms with Crippen LogP contribution in [0.15, 0.2) is 12.3 Å². The first-order chi connectivity index (χ1) is 8.97. The van der Waals surface area contributed by atoms with Crippen molar-refractivity contribution < 1.29 is 19.4 Å². The molecule has 0 spiro atoms. The van der Waals surface area contributed by atoms with Gasteiger partial charge in [-0.25, -0.2) is 0 Å². The van der Waals surface area contributed by atoms with Crippen molar-refractivity contribution in [2.75, 3.05) is 6.61 Å². The van der Waals surface area contributed by atoms with Crippen LogP contribution in [0, 0.1) is 5.41 Å². The Morgan fingerprint density at radius 1 is 1.47 bits per heavy atom. The molecule has 1 atom stereocenters. The molecule has 0 aliphatic carbocycles. The van der Waals surface area contributed by atoms with E-state index in [0.29, 0.717) is 6.42 Å². The van der Waals surface area contributed by atoms with Crippen molar-refractivity contribution in [2.24, 2.45) is 12.5 Å². The number of rotatable bonds is 7. The number of aliphatic carboxylic acids is 1. The van der Waals surface area contributed by atoms with Gasteiger partial charge in [0.05, 0.1) is 6.61 Å². The SMILES string of the molecule is CCOC(=O)C(CC)(CCc1ccnn1C)C(=O)O. The van der Waals surface area contributed by atoms with Gasteiger partial charge in [0.2, 0.25) is 0 Å². The lowest BCUT2D eigenvalue weighted by Gasteiger charge is -2.25. The summed E-state index contributed by atoms with van der Waals surface area (Å²) in [4.78, 5) is 23.4. The number of hydrogen-bond donors (Lipinski definition) is 1. The Morgan fingerprint density at radius 3 is 2.58 bits per heavy atom. The number of ether oxygens (including phenoxy) is 1. The Hall–Kier alpha value is -1.85. The van der Waals surface area contributed by atoms with Gasteiger partial charge < -0.3 is 9.84 Å². The van der Waals surface area contributed by atoms with Crippen LogP contribution in [0.4, 0.5) is 0 Å². The molecule has 1 heterocycles. The molecule has 1 rings (SSSR count). The number of aromatic nitrogens is 2. The molecule has 0 amide bonds. The van der Waals surface area contributed by atoms with Crippen LogP contribution in [-0.2, 0) is 27.8 Å². The summed E-state index contributed by atoms with van der Waals surface area (Å²) in [6.07, 6.45) is 2.53. The second-order valence-electron chi connectivity index (χ2n) is 4.41. The number of aryl methyl sites for hydroxylation is 2. The molecular formula is C13H20N2O4. The Balaban J connectivity index is 2.89. The standard InChI is InChI=1S/C13H20N2O4/c1-4-13(11(16)17,12(18)19-5-2)8-6-10-7-9-14-15(10)3/h7,9H,4-6,8H2,1-3H3,(H,16,17). The molecule has 6 nitrogen and oxygen atoms in total. The first-order valence-corrected chi connectivity index (χ1v) is 6.35. The van der Waals surface area contributed by atoms with Crippen molar-refractivity contribution in [3.05, 3.63) is 18.0 Å². The average molecular weight is 268 g/mol.